The van der Waals surface area contributed by atoms with Crippen LogP contribution in [0.4, 0.5) is 5.69 Å². The lowest BCUT2D eigenvalue weighted by Gasteiger charge is -2.39. The highest BCUT2D eigenvalue weighted by atomic mass is 16.5. The summed E-state index contributed by atoms with van der Waals surface area (Å²) in [6.07, 6.45) is 10.7. The topological polar surface area (TPSA) is 100 Å². The van der Waals surface area contributed by atoms with E-state index >= 15 is 0 Å². The third-order valence-electron chi connectivity index (χ3n) is 9.31. The molecule has 2 amide bonds. The Kier molecular flexibility index (Phi) is 6.54. The average molecular weight is 526 g/mol. The van der Waals surface area contributed by atoms with Crippen molar-refractivity contribution in [3.05, 3.63) is 52.8 Å². The van der Waals surface area contributed by atoms with Gasteiger partial charge >= 0.3 is 0 Å². The van der Waals surface area contributed by atoms with Crippen LogP contribution < -0.4 is 10.1 Å². The highest BCUT2D eigenvalue weighted by Gasteiger charge is 2.46. The molecule has 2 aliphatic carbocycles. The first kappa shape index (κ1) is 25.4. The first-order valence-corrected chi connectivity index (χ1v) is 14.0. The van der Waals surface area contributed by atoms with Crippen molar-refractivity contribution < 1.29 is 14.3 Å². The number of hydrogen-bond acceptors (Lipinski definition) is 5. The van der Waals surface area contributed by atoms with Crippen molar-refractivity contribution in [3.8, 4) is 11.8 Å². The molecule has 8 nitrogen and oxygen atoms in total. The summed E-state index contributed by atoms with van der Waals surface area (Å²) >= 11 is 0. The summed E-state index contributed by atoms with van der Waals surface area (Å²) < 4.78 is 7.29. The van der Waals surface area contributed by atoms with Gasteiger partial charge < -0.3 is 19.5 Å². The van der Waals surface area contributed by atoms with Crippen LogP contribution in [-0.4, -0.2) is 46.5 Å². The number of hydrogen-bond donors (Lipinski definition) is 1. The summed E-state index contributed by atoms with van der Waals surface area (Å²) in [6, 6.07) is 6.92. The monoisotopic (exact) mass is 525 g/mol. The molecule has 1 saturated heterocycles. The summed E-state index contributed by atoms with van der Waals surface area (Å²) in [5.74, 6) is 2.02. The number of likely N-dealkylation sites (tertiary alicyclic amines) is 1. The molecule has 1 aliphatic heterocycles. The minimum atomic E-state index is -0.297. The number of carbonyl (C=O) groups is 2. The van der Waals surface area contributed by atoms with Gasteiger partial charge in [-0.3, -0.25) is 9.59 Å². The molecule has 3 fully saturated rings. The van der Waals surface area contributed by atoms with Crippen molar-refractivity contribution in [1.82, 2.24) is 14.5 Å². The second-order valence-corrected chi connectivity index (χ2v) is 11.5. The van der Waals surface area contributed by atoms with Crippen molar-refractivity contribution in [3.63, 3.8) is 0 Å². The smallest absolute Gasteiger partial charge is 0.255 e. The van der Waals surface area contributed by atoms with Crippen LogP contribution in [0.15, 0.2) is 30.6 Å². The zero-order valence-corrected chi connectivity index (χ0v) is 22.9. The van der Waals surface area contributed by atoms with Gasteiger partial charge in [0.15, 0.2) is 0 Å². The summed E-state index contributed by atoms with van der Waals surface area (Å²) in [6.45, 7) is 3.72. The zero-order valence-electron chi connectivity index (χ0n) is 22.9. The van der Waals surface area contributed by atoms with Gasteiger partial charge in [0.2, 0.25) is 5.91 Å². The van der Waals surface area contributed by atoms with E-state index in [0.29, 0.717) is 46.2 Å². The molecule has 8 heteroatoms. The first-order chi connectivity index (χ1) is 18.9. The molecule has 1 unspecified atom stereocenters. The van der Waals surface area contributed by atoms with E-state index in [1.807, 2.05) is 14.0 Å². The quantitative estimate of drug-likeness (QED) is 0.496. The lowest BCUT2D eigenvalue weighted by atomic mass is 9.79. The number of fused-ring (bicyclic) bond motifs is 3. The Morgan fingerprint density at radius 3 is 2.51 bits per heavy atom. The molecule has 6 rings (SSSR count). The van der Waals surface area contributed by atoms with Gasteiger partial charge in [0.05, 0.1) is 24.6 Å². The molecule has 39 heavy (non-hydrogen) atoms. The van der Waals surface area contributed by atoms with Gasteiger partial charge in [-0.05, 0) is 79.7 Å². The van der Waals surface area contributed by atoms with E-state index < -0.39 is 0 Å². The van der Waals surface area contributed by atoms with Crippen LogP contribution in [0.5, 0.6) is 5.75 Å². The Labute approximate surface area is 228 Å². The van der Waals surface area contributed by atoms with Crippen molar-refractivity contribution in [1.29, 1.82) is 5.26 Å². The fourth-order valence-corrected chi connectivity index (χ4v) is 7.39. The number of aryl methyl sites for hydroxylation is 2. The molecule has 0 radical (unpaired) electrons. The van der Waals surface area contributed by atoms with Crippen LogP contribution in [-0.2, 0) is 11.8 Å². The number of nitrogens with one attached hydrogen (secondary N) is 1. The number of benzene rings is 1. The number of aromatic nitrogens is 2. The SMILES string of the molecule is COc1ccc(C(=O)Nc2cnc3c(c([C@H]4C5CC[C@@H]4CN(C(=O)C4CCCC4)C5)cn3C)c2C)cc1C#N. The second-order valence-electron chi connectivity index (χ2n) is 11.5. The Bertz CT molecular complexity index is 1480. The average Bonchev–Trinajstić information content (AvgIpc) is 3.66. The number of ether oxygens (including phenoxy) is 1. The van der Waals surface area contributed by atoms with E-state index in [9.17, 15) is 14.9 Å². The van der Waals surface area contributed by atoms with Crippen LogP contribution >= 0.6 is 0 Å². The molecule has 1 aromatic carbocycles. The molecule has 2 saturated carbocycles. The van der Waals surface area contributed by atoms with Crippen LogP contribution in [0.25, 0.3) is 11.0 Å². The van der Waals surface area contributed by atoms with Gasteiger partial charge in [0, 0.05) is 43.2 Å². The summed E-state index contributed by atoms with van der Waals surface area (Å²) in [7, 11) is 3.53. The molecule has 3 aliphatic rings. The number of nitriles is 1. The normalized spacial score (nSPS) is 22.7. The van der Waals surface area contributed by atoms with Crippen LogP contribution in [0.1, 0.15) is 71.5 Å². The first-order valence-electron chi connectivity index (χ1n) is 14.0. The Morgan fingerprint density at radius 2 is 1.85 bits per heavy atom. The van der Waals surface area contributed by atoms with Crippen LogP contribution in [0.3, 0.4) is 0 Å². The minimum Gasteiger partial charge on any atom is -0.495 e. The maximum Gasteiger partial charge on any atom is 0.255 e. The van der Waals surface area contributed by atoms with Gasteiger partial charge in [-0.2, -0.15) is 5.26 Å². The molecule has 3 atom stereocenters. The third kappa shape index (κ3) is 4.34. The van der Waals surface area contributed by atoms with Crippen molar-refractivity contribution in [2.45, 2.75) is 51.4 Å². The maximum absolute atomic E-state index is 13.2. The summed E-state index contributed by atoms with van der Waals surface area (Å²) in [5.41, 5.74) is 4.54. The second kappa shape index (κ2) is 10.0. The number of piperidine rings is 1. The fraction of sp³-hybridized carbons (Fsp3) is 0.484. The van der Waals surface area contributed by atoms with Gasteiger partial charge in [-0.15, -0.1) is 0 Å². The number of pyridine rings is 1. The highest BCUT2D eigenvalue weighted by molar-refractivity contribution is 6.06. The lowest BCUT2D eigenvalue weighted by molar-refractivity contribution is -0.137. The van der Waals surface area contributed by atoms with Gasteiger partial charge in [-0.25, -0.2) is 4.98 Å². The van der Waals surface area contributed by atoms with E-state index in [4.69, 9.17) is 9.72 Å². The number of methoxy groups -OCH3 is 1. The third-order valence-corrected chi connectivity index (χ3v) is 9.31. The van der Waals surface area contributed by atoms with E-state index in [1.54, 1.807) is 24.4 Å². The van der Waals surface area contributed by atoms with E-state index in [1.165, 1.54) is 25.5 Å². The molecule has 1 N–H and O–H groups in total. The largest absolute Gasteiger partial charge is 0.495 e. The van der Waals surface area contributed by atoms with Crippen LogP contribution in [0, 0.1) is 36.0 Å². The zero-order chi connectivity index (χ0) is 27.3. The number of nitrogens with zero attached hydrogens (tertiary/aromatic N) is 4. The van der Waals surface area contributed by atoms with Crippen LogP contribution in [0.2, 0.25) is 0 Å². The molecule has 202 valence electrons. The number of anilines is 1. The standard InChI is InChI=1S/C31H35N5O3/c1-18-25(34-30(37)20-10-11-26(39-3)23(12-20)13-32)14-33-29-27(18)24(17-35(29)2)28-21-8-9-22(28)16-36(15-21)31(38)19-6-4-5-7-19/h10-12,14,17,19,21-22,28H,4-9,15-16H2,1-3H3,(H,34,37)/t21-,22?,28-/m1/s1. The number of rotatable bonds is 5. The Balaban J connectivity index is 1.29. The Morgan fingerprint density at radius 1 is 1.13 bits per heavy atom. The number of amides is 2. The van der Waals surface area contributed by atoms with Crippen molar-refractivity contribution in [2.24, 2.45) is 24.8 Å². The van der Waals surface area contributed by atoms with E-state index in [2.05, 4.69) is 27.0 Å². The predicted molar refractivity (Wildman–Crippen MR) is 149 cm³/mol. The molecule has 2 aromatic heterocycles. The summed E-state index contributed by atoms with van der Waals surface area (Å²) in [5, 5.41) is 13.5. The predicted octanol–water partition coefficient (Wildman–Crippen LogP) is 5.16. The minimum absolute atomic E-state index is 0.228. The molecular weight excluding hydrogens is 490 g/mol. The molecule has 3 aromatic rings. The van der Waals surface area contributed by atoms with E-state index in [-0.39, 0.29) is 11.8 Å². The van der Waals surface area contributed by atoms with Gasteiger partial charge in [0.1, 0.15) is 17.5 Å². The van der Waals surface area contributed by atoms with E-state index in [0.717, 1.165) is 55.4 Å². The summed E-state index contributed by atoms with van der Waals surface area (Å²) in [4.78, 5) is 33.3. The van der Waals surface area contributed by atoms with Crippen molar-refractivity contribution >= 4 is 28.5 Å². The van der Waals surface area contributed by atoms with Gasteiger partial charge in [0.25, 0.3) is 5.91 Å². The lowest BCUT2D eigenvalue weighted by Crippen LogP contribution is -2.46. The fourth-order valence-electron chi connectivity index (χ4n) is 7.39. The number of carbonyl (C=O) groups excluding carboxylic acids is 2. The molecular formula is C31H35N5O3. The Hall–Kier alpha value is -3.86. The highest BCUT2D eigenvalue weighted by Crippen LogP contribution is 2.51. The van der Waals surface area contributed by atoms with Gasteiger partial charge in [-0.1, -0.05) is 12.8 Å². The maximum atomic E-state index is 13.2. The molecule has 0 spiro atoms. The molecule has 2 bridgehead atoms. The van der Waals surface area contributed by atoms with Crippen molar-refractivity contribution in [2.75, 3.05) is 25.5 Å². The molecule has 3 heterocycles.